The molecular formula is C17H16N2O7. The molecule has 26 heavy (non-hydrogen) atoms. The summed E-state index contributed by atoms with van der Waals surface area (Å²) in [6.07, 6.45) is 0. The van der Waals surface area contributed by atoms with Crippen LogP contribution in [0.4, 0.5) is 11.4 Å². The highest BCUT2D eigenvalue weighted by Crippen LogP contribution is 2.37. The lowest BCUT2D eigenvalue weighted by molar-refractivity contribution is -0.995. The summed E-state index contributed by atoms with van der Waals surface area (Å²) < 4.78 is 10.8. The van der Waals surface area contributed by atoms with Crippen LogP contribution in [-0.2, 0) is 4.74 Å². The van der Waals surface area contributed by atoms with Crippen LogP contribution >= 0.6 is 0 Å². The van der Waals surface area contributed by atoms with Gasteiger partial charge in [0.05, 0.1) is 12.7 Å². The summed E-state index contributed by atoms with van der Waals surface area (Å²) in [5.41, 5.74) is -0.142. The average molecular weight is 360 g/mol. The molecule has 0 aliphatic carbocycles. The standard InChI is InChI=1S/C17H16N2O7/c1-2-25-17(20)14-12-8-11(18(21)22)9-13(19(23)24)16(12)26-15(14)10-6-4-3-5-7-10/h3-9,18-19,21,23H,2H2,1H3. The number of hydrogen-bond donors (Lipinski definition) is 4. The van der Waals surface area contributed by atoms with Crippen LogP contribution in [0.25, 0.3) is 22.3 Å². The van der Waals surface area contributed by atoms with Crippen molar-refractivity contribution >= 4 is 28.3 Å². The zero-order valence-corrected chi connectivity index (χ0v) is 13.7. The summed E-state index contributed by atoms with van der Waals surface area (Å²) in [5, 5.41) is 39.0. The zero-order valence-electron chi connectivity index (χ0n) is 13.7. The van der Waals surface area contributed by atoms with E-state index in [4.69, 9.17) is 9.15 Å². The van der Waals surface area contributed by atoms with Gasteiger partial charge in [0, 0.05) is 17.0 Å². The first kappa shape index (κ1) is 18.0. The van der Waals surface area contributed by atoms with Crippen molar-refractivity contribution in [1.82, 2.24) is 0 Å². The van der Waals surface area contributed by atoms with Gasteiger partial charge in [-0.05, 0) is 6.92 Å². The summed E-state index contributed by atoms with van der Waals surface area (Å²) in [6, 6.07) is 10.8. The molecule has 0 aliphatic heterocycles. The van der Waals surface area contributed by atoms with Crippen LogP contribution in [0.15, 0.2) is 46.9 Å². The fourth-order valence-corrected chi connectivity index (χ4v) is 2.68. The maximum atomic E-state index is 12.5. The number of furan rings is 1. The van der Waals surface area contributed by atoms with E-state index in [1.54, 1.807) is 37.3 Å². The second-order valence-corrected chi connectivity index (χ2v) is 5.40. The van der Waals surface area contributed by atoms with E-state index in [2.05, 4.69) is 0 Å². The Morgan fingerprint density at radius 3 is 2.42 bits per heavy atom. The van der Waals surface area contributed by atoms with Crippen molar-refractivity contribution in [2.24, 2.45) is 0 Å². The van der Waals surface area contributed by atoms with E-state index in [1.165, 1.54) is 6.07 Å². The molecule has 1 aromatic heterocycles. The number of hydrogen-bond acceptors (Lipinski definition) is 7. The van der Waals surface area contributed by atoms with Crippen LogP contribution in [0.2, 0.25) is 0 Å². The quantitative estimate of drug-likeness (QED) is 0.395. The molecule has 2 unspecified atom stereocenters. The molecular weight excluding hydrogens is 344 g/mol. The van der Waals surface area contributed by atoms with Crippen molar-refractivity contribution in [3.05, 3.63) is 58.4 Å². The van der Waals surface area contributed by atoms with Crippen LogP contribution in [0, 0.1) is 10.4 Å². The number of carbonyl (C=O) groups is 1. The summed E-state index contributed by atoms with van der Waals surface area (Å²) in [7, 11) is 0. The third-order valence-electron chi connectivity index (χ3n) is 3.78. The topological polar surface area (TPSA) is 135 Å². The van der Waals surface area contributed by atoms with E-state index in [-0.39, 0.29) is 40.3 Å². The molecule has 3 aromatic rings. The Morgan fingerprint density at radius 1 is 1.15 bits per heavy atom. The minimum absolute atomic E-state index is 0.00125. The molecule has 9 nitrogen and oxygen atoms in total. The SMILES string of the molecule is CCOC(=O)c1c(-c2ccccc2)oc2c([NH+]([O-])O)cc([NH+]([O-])O)cc12. The van der Waals surface area contributed by atoms with Crippen molar-refractivity contribution < 1.29 is 34.8 Å². The fraction of sp³-hybridized carbons (Fsp3) is 0.118. The lowest BCUT2D eigenvalue weighted by Crippen LogP contribution is -3.00. The number of esters is 1. The van der Waals surface area contributed by atoms with Crippen LogP contribution in [0.1, 0.15) is 17.3 Å². The molecule has 2 atom stereocenters. The Morgan fingerprint density at radius 2 is 1.85 bits per heavy atom. The normalized spacial score (nSPS) is 13.6. The highest BCUT2D eigenvalue weighted by molar-refractivity contribution is 6.11. The highest BCUT2D eigenvalue weighted by Gasteiger charge is 2.28. The van der Waals surface area contributed by atoms with Crippen molar-refractivity contribution in [2.75, 3.05) is 6.61 Å². The molecule has 2 aromatic carbocycles. The predicted octanol–water partition coefficient (Wildman–Crippen LogP) is 1.08. The molecule has 0 saturated carbocycles. The number of ether oxygens (including phenoxy) is 1. The first-order valence-corrected chi connectivity index (χ1v) is 7.73. The van der Waals surface area contributed by atoms with Crippen LogP contribution < -0.4 is 10.5 Å². The predicted molar refractivity (Wildman–Crippen MR) is 89.2 cm³/mol. The summed E-state index contributed by atoms with van der Waals surface area (Å²) >= 11 is 0. The average Bonchev–Trinajstić information content (AvgIpc) is 3.01. The van der Waals surface area contributed by atoms with E-state index in [0.29, 0.717) is 5.56 Å². The smallest absolute Gasteiger partial charge is 0.342 e. The first-order valence-electron chi connectivity index (χ1n) is 7.73. The molecule has 4 N–H and O–H groups in total. The maximum Gasteiger partial charge on any atom is 0.342 e. The van der Waals surface area contributed by atoms with Gasteiger partial charge in [-0.25, -0.2) is 15.2 Å². The molecule has 3 rings (SSSR count). The Labute approximate surface area is 147 Å². The Balaban J connectivity index is 2.38. The minimum Gasteiger partial charge on any atom is -0.595 e. The number of fused-ring (bicyclic) bond motifs is 1. The van der Waals surface area contributed by atoms with Gasteiger partial charge in [0.2, 0.25) is 5.69 Å². The van der Waals surface area contributed by atoms with Gasteiger partial charge < -0.3 is 19.6 Å². The number of nitrogens with one attached hydrogen (secondary N) is 2. The van der Waals surface area contributed by atoms with E-state index < -0.39 is 16.4 Å². The molecule has 0 saturated heterocycles. The molecule has 1 heterocycles. The van der Waals surface area contributed by atoms with Gasteiger partial charge in [-0.3, -0.25) is 0 Å². The molecule has 0 amide bonds. The van der Waals surface area contributed by atoms with E-state index >= 15 is 0 Å². The van der Waals surface area contributed by atoms with Crippen LogP contribution in [0.5, 0.6) is 0 Å². The van der Waals surface area contributed by atoms with Gasteiger partial charge in [0.25, 0.3) is 0 Å². The van der Waals surface area contributed by atoms with E-state index in [9.17, 15) is 25.6 Å². The van der Waals surface area contributed by atoms with Gasteiger partial charge in [-0.1, -0.05) is 30.3 Å². The zero-order chi connectivity index (χ0) is 18.8. The Kier molecular flexibility index (Phi) is 5.00. The van der Waals surface area contributed by atoms with Gasteiger partial charge >= 0.3 is 5.97 Å². The monoisotopic (exact) mass is 360 g/mol. The second-order valence-electron chi connectivity index (χ2n) is 5.40. The molecule has 0 spiro atoms. The highest BCUT2D eigenvalue weighted by atomic mass is 16.8. The first-order chi connectivity index (χ1) is 12.4. The fourth-order valence-electron chi connectivity index (χ4n) is 2.68. The summed E-state index contributed by atoms with van der Waals surface area (Å²) in [5.74, 6) is -0.590. The third kappa shape index (κ3) is 3.18. The molecule has 0 bridgehead atoms. The number of carbonyl (C=O) groups excluding carboxylic acids is 1. The van der Waals surface area contributed by atoms with Crippen molar-refractivity contribution in [3.63, 3.8) is 0 Å². The van der Waals surface area contributed by atoms with Crippen molar-refractivity contribution in [1.29, 1.82) is 0 Å². The largest absolute Gasteiger partial charge is 0.595 e. The number of benzene rings is 2. The maximum absolute atomic E-state index is 12.5. The third-order valence-corrected chi connectivity index (χ3v) is 3.78. The van der Waals surface area contributed by atoms with E-state index in [0.717, 1.165) is 6.07 Å². The summed E-state index contributed by atoms with van der Waals surface area (Å²) in [6.45, 7) is 1.73. The number of rotatable bonds is 5. The second kappa shape index (κ2) is 7.22. The molecule has 9 heteroatoms. The molecule has 136 valence electrons. The summed E-state index contributed by atoms with van der Waals surface area (Å²) in [4.78, 5) is 12.5. The molecule has 0 radical (unpaired) electrons. The van der Waals surface area contributed by atoms with Crippen LogP contribution in [0.3, 0.4) is 0 Å². The minimum atomic E-state index is -1.36. The molecule has 0 fully saturated rings. The Bertz CT molecular complexity index is 935. The lowest BCUT2D eigenvalue weighted by atomic mass is 10.0. The Hall–Kier alpha value is -2.79. The van der Waals surface area contributed by atoms with Crippen molar-refractivity contribution in [2.45, 2.75) is 6.92 Å². The van der Waals surface area contributed by atoms with Gasteiger partial charge in [0.1, 0.15) is 11.3 Å². The van der Waals surface area contributed by atoms with Crippen LogP contribution in [-0.4, -0.2) is 23.0 Å². The van der Waals surface area contributed by atoms with Crippen molar-refractivity contribution in [3.8, 4) is 11.3 Å². The van der Waals surface area contributed by atoms with E-state index in [1.807, 2.05) is 0 Å². The lowest BCUT2D eigenvalue weighted by Gasteiger charge is -2.15. The van der Waals surface area contributed by atoms with Gasteiger partial charge in [-0.15, -0.1) is 0 Å². The number of quaternary nitrogens is 2. The van der Waals surface area contributed by atoms with Gasteiger partial charge in [-0.2, -0.15) is 10.5 Å². The van der Waals surface area contributed by atoms with Gasteiger partial charge in [0.15, 0.2) is 11.3 Å². The molecule has 0 aliphatic rings.